The van der Waals surface area contributed by atoms with Crippen molar-refractivity contribution in [3.8, 4) is 0 Å². The van der Waals surface area contributed by atoms with Gasteiger partial charge in [0.15, 0.2) is 0 Å². The maximum Gasteiger partial charge on any atom is 0.243 e. The molecule has 1 amide bonds. The quantitative estimate of drug-likeness (QED) is 0.781. The van der Waals surface area contributed by atoms with Crippen molar-refractivity contribution in [1.29, 1.82) is 0 Å². The molecule has 160 valence electrons. The number of sulfonamides is 1. The lowest BCUT2D eigenvalue weighted by Gasteiger charge is -2.30. The minimum atomic E-state index is -3.48. The van der Waals surface area contributed by atoms with Crippen molar-refractivity contribution in [2.75, 3.05) is 39.0 Å². The lowest BCUT2D eigenvalue weighted by atomic mass is 9.96. The molecule has 2 aliphatic rings. The van der Waals surface area contributed by atoms with E-state index >= 15 is 0 Å². The molecule has 2 fully saturated rings. The number of amides is 1. The summed E-state index contributed by atoms with van der Waals surface area (Å²) in [4.78, 5) is 23.5. The van der Waals surface area contributed by atoms with Crippen molar-refractivity contribution in [2.45, 2.75) is 36.0 Å². The number of aromatic nitrogens is 2. The first kappa shape index (κ1) is 20.7. The molecule has 0 aliphatic carbocycles. The Morgan fingerprint density at radius 2 is 1.77 bits per heavy atom. The summed E-state index contributed by atoms with van der Waals surface area (Å²) in [7, 11) is 0.151. The number of hydrogen-bond donors (Lipinski definition) is 1. The number of hydrogen-bond acceptors (Lipinski definition) is 6. The highest BCUT2D eigenvalue weighted by Gasteiger charge is 2.33. The van der Waals surface area contributed by atoms with Gasteiger partial charge in [-0.1, -0.05) is 18.2 Å². The number of likely N-dealkylation sites (tertiary alicyclic amines) is 1. The second kappa shape index (κ2) is 8.31. The van der Waals surface area contributed by atoms with Crippen molar-refractivity contribution in [3.63, 3.8) is 0 Å². The molecular weight excluding hydrogens is 402 g/mol. The number of rotatable bonds is 5. The molecule has 0 bridgehead atoms. The van der Waals surface area contributed by atoms with Crippen LogP contribution < -0.4 is 5.32 Å². The maximum absolute atomic E-state index is 12.9. The zero-order valence-corrected chi connectivity index (χ0v) is 18.1. The molecule has 9 heteroatoms. The molecule has 0 spiro atoms. The van der Waals surface area contributed by atoms with Gasteiger partial charge >= 0.3 is 0 Å². The first-order chi connectivity index (χ1) is 14.4. The van der Waals surface area contributed by atoms with Gasteiger partial charge in [0.1, 0.15) is 11.6 Å². The summed E-state index contributed by atoms with van der Waals surface area (Å²) in [5.41, 5.74) is 0.876. The fraction of sp³-hybridized carbons (Fsp3) is 0.476. The summed E-state index contributed by atoms with van der Waals surface area (Å²) in [5.74, 6) is 1.75. The Balaban J connectivity index is 1.51. The van der Waals surface area contributed by atoms with Gasteiger partial charge in [0.25, 0.3) is 0 Å². The Bertz CT molecular complexity index is 1020. The Labute approximate surface area is 177 Å². The average molecular weight is 430 g/mol. The molecule has 1 aromatic heterocycles. The largest absolute Gasteiger partial charge is 0.373 e. The van der Waals surface area contributed by atoms with Gasteiger partial charge in [0, 0.05) is 58.1 Å². The number of carbonyl (C=O) groups is 1. The van der Waals surface area contributed by atoms with Crippen LogP contribution in [0, 0.1) is 0 Å². The second-order valence-corrected chi connectivity index (χ2v) is 9.89. The molecule has 8 nitrogen and oxygen atoms in total. The molecule has 4 rings (SSSR count). The molecule has 1 aromatic carbocycles. The zero-order valence-electron chi connectivity index (χ0n) is 17.3. The molecule has 0 saturated carbocycles. The summed E-state index contributed by atoms with van der Waals surface area (Å²) < 4.78 is 27.3. The van der Waals surface area contributed by atoms with E-state index in [9.17, 15) is 13.2 Å². The van der Waals surface area contributed by atoms with Crippen LogP contribution in [0.3, 0.4) is 0 Å². The summed E-state index contributed by atoms with van der Waals surface area (Å²) in [6.45, 7) is 1.54. The van der Waals surface area contributed by atoms with Crippen LogP contribution in [0.15, 0.2) is 41.3 Å². The highest BCUT2D eigenvalue weighted by atomic mass is 32.2. The first-order valence-corrected chi connectivity index (χ1v) is 11.7. The number of nitrogens with one attached hydrogen (secondary N) is 1. The van der Waals surface area contributed by atoms with E-state index in [0.717, 1.165) is 17.3 Å². The van der Waals surface area contributed by atoms with Crippen molar-refractivity contribution in [3.05, 3.63) is 47.9 Å². The van der Waals surface area contributed by atoms with Crippen LogP contribution in [0.4, 0.5) is 5.82 Å². The summed E-state index contributed by atoms with van der Waals surface area (Å²) in [5, 5.41) is 3.09. The van der Waals surface area contributed by atoms with E-state index in [0.29, 0.717) is 43.8 Å². The van der Waals surface area contributed by atoms with Gasteiger partial charge in [0.05, 0.1) is 10.6 Å². The van der Waals surface area contributed by atoms with Crippen molar-refractivity contribution < 1.29 is 13.2 Å². The number of carbonyl (C=O) groups excluding carboxylic acids is 1. The SMILES string of the molecule is CNc1cc([C@H]2CC(=O)N(C)C2)nc(C2CCN(S(=O)(=O)c3ccccc3)CC2)n1. The van der Waals surface area contributed by atoms with Crippen LogP contribution >= 0.6 is 0 Å². The number of anilines is 1. The molecule has 1 atom stereocenters. The minimum Gasteiger partial charge on any atom is -0.373 e. The van der Waals surface area contributed by atoms with E-state index in [1.54, 1.807) is 33.5 Å². The van der Waals surface area contributed by atoms with Crippen LogP contribution in [-0.2, 0) is 14.8 Å². The standard InChI is InChI=1S/C21H27N5O3S/c1-22-19-13-18(16-12-20(27)25(2)14-16)23-21(24-19)15-8-10-26(11-9-15)30(28,29)17-6-4-3-5-7-17/h3-7,13,15-16H,8-12,14H2,1-2H3,(H,22,23,24)/t16-/m0/s1. The smallest absolute Gasteiger partial charge is 0.243 e. The van der Waals surface area contributed by atoms with Gasteiger partial charge < -0.3 is 10.2 Å². The molecule has 0 radical (unpaired) electrons. The van der Waals surface area contributed by atoms with Gasteiger partial charge in [-0.25, -0.2) is 18.4 Å². The van der Waals surface area contributed by atoms with Crippen molar-refractivity contribution >= 4 is 21.7 Å². The van der Waals surface area contributed by atoms with Crippen LogP contribution in [0.25, 0.3) is 0 Å². The third-order valence-electron chi connectivity index (χ3n) is 5.98. The monoisotopic (exact) mass is 429 g/mol. The molecule has 1 N–H and O–H groups in total. The van der Waals surface area contributed by atoms with E-state index in [4.69, 9.17) is 4.98 Å². The van der Waals surface area contributed by atoms with Crippen LogP contribution in [0.2, 0.25) is 0 Å². The summed E-state index contributed by atoms with van der Waals surface area (Å²) in [6, 6.07) is 10.5. The van der Waals surface area contributed by atoms with Crippen LogP contribution in [0.5, 0.6) is 0 Å². The first-order valence-electron chi connectivity index (χ1n) is 10.2. The average Bonchev–Trinajstić information content (AvgIpc) is 3.12. The minimum absolute atomic E-state index is 0.0647. The third kappa shape index (κ3) is 4.04. The molecule has 2 saturated heterocycles. The Morgan fingerprint density at radius 3 is 2.37 bits per heavy atom. The Kier molecular flexibility index (Phi) is 5.75. The summed E-state index contributed by atoms with van der Waals surface area (Å²) in [6.07, 6.45) is 1.80. The van der Waals surface area contributed by atoms with E-state index in [1.165, 1.54) is 0 Å². The molecule has 2 aromatic rings. The fourth-order valence-electron chi connectivity index (χ4n) is 4.16. The van der Waals surface area contributed by atoms with E-state index in [-0.39, 0.29) is 17.7 Å². The molecule has 30 heavy (non-hydrogen) atoms. The lowest BCUT2D eigenvalue weighted by Crippen LogP contribution is -2.38. The summed E-state index contributed by atoms with van der Waals surface area (Å²) >= 11 is 0. The second-order valence-electron chi connectivity index (χ2n) is 7.95. The van der Waals surface area contributed by atoms with Crippen LogP contribution in [-0.4, -0.2) is 67.2 Å². The number of nitrogens with zero attached hydrogens (tertiary/aromatic N) is 4. The predicted octanol–water partition coefficient (Wildman–Crippen LogP) is 2.03. The van der Waals surface area contributed by atoms with Gasteiger partial charge in [-0.05, 0) is 25.0 Å². The number of likely N-dealkylation sites (N-methyl/N-ethyl adjacent to an activating group) is 1. The van der Waals surface area contributed by atoms with Gasteiger partial charge in [-0.2, -0.15) is 4.31 Å². The highest BCUT2D eigenvalue weighted by Crippen LogP contribution is 2.32. The molecule has 3 heterocycles. The van der Waals surface area contributed by atoms with Crippen molar-refractivity contribution in [1.82, 2.24) is 19.2 Å². The Hall–Kier alpha value is -2.52. The number of benzene rings is 1. The topological polar surface area (TPSA) is 95.5 Å². The normalized spacial score (nSPS) is 21.2. The molecule has 2 aliphatic heterocycles. The predicted molar refractivity (Wildman–Crippen MR) is 114 cm³/mol. The van der Waals surface area contributed by atoms with Crippen molar-refractivity contribution in [2.24, 2.45) is 0 Å². The molecule has 0 unspecified atom stereocenters. The van der Waals surface area contributed by atoms with E-state index in [2.05, 4.69) is 10.3 Å². The number of piperidine rings is 1. The third-order valence-corrected chi connectivity index (χ3v) is 7.89. The van der Waals surface area contributed by atoms with Crippen LogP contribution in [0.1, 0.15) is 42.6 Å². The highest BCUT2D eigenvalue weighted by molar-refractivity contribution is 7.89. The van der Waals surface area contributed by atoms with Gasteiger partial charge in [-0.3, -0.25) is 4.79 Å². The van der Waals surface area contributed by atoms with Gasteiger partial charge in [-0.15, -0.1) is 0 Å². The van der Waals surface area contributed by atoms with E-state index < -0.39 is 10.0 Å². The Morgan fingerprint density at radius 1 is 1.07 bits per heavy atom. The van der Waals surface area contributed by atoms with E-state index in [1.807, 2.05) is 26.2 Å². The fourth-order valence-corrected chi connectivity index (χ4v) is 5.65. The molecular formula is C21H27N5O3S. The lowest BCUT2D eigenvalue weighted by molar-refractivity contribution is -0.126. The zero-order chi connectivity index (χ0) is 21.3. The van der Waals surface area contributed by atoms with Gasteiger partial charge in [0.2, 0.25) is 15.9 Å². The maximum atomic E-state index is 12.9.